The van der Waals surface area contributed by atoms with E-state index in [9.17, 15) is 4.79 Å². The van der Waals surface area contributed by atoms with Gasteiger partial charge in [0.2, 0.25) is 0 Å². The van der Waals surface area contributed by atoms with Crippen molar-refractivity contribution in [3.63, 3.8) is 0 Å². The number of hydrogen-bond acceptors (Lipinski definition) is 4. The fourth-order valence-electron chi connectivity index (χ4n) is 2.61. The summed E-state index contributed by atoms with van der Waals surface area (Å²) in [6.45, 7) is 4.66. The van der Waals surface area contributed by atoms with Crippen LogP contribution in [0.3, 0.4) is 0 Å². The maximum atomic E-state index is 11.0. The summed E-state index contributed by atoms with van der Waals surface area (Å²) >= 11 is 5.18. The second kappa shape index (κ2) is 5.77. The number of hydrogen-bond donors (Lipinski definition) is 1. The van der Waals surface area contributed by atoms with E-state index in [0.29, 0.717) is 12.5 Å². The SMILES string of the molecule is CC(C)(c1ccc(Br)s1)c1nnc(C2CC2)n1CCC(=O)O. The van der Waals surface area contributed by atoms with E-state index in [1.807, 2.05) is 10.6 Å². The molecule has 1 aliphatic carbocycles. The number of carboxylic acids is 1. The molecule has 2 aromatic heterocycles. The third-order valence-corrected chi connectivity index (χ3v) is 5.97. The summed E-state index contributed by atoms with van der Waals surface area (Å²) in [6.07, 6.45) is 2.33. The number of carbonyl (C=O) groups is 1. The maximum Gasteiger partial charge on any atom is 0.305 e. The van der Waals surface area contributed by atoms with Gasteiger partial charge in [0.15, 0.2) is 0 Å². The van der Waals surface area contributed by atoms with Crippen LogP contribution in [0.15, 0.2) is 15.9 Å². The van der Waals surface area contributed by atoms with E-state index in [4.69, 9.17) is 5.11 Å². The lowest BCUT2D eigenvalue weighted by Crippen LogP contribution is -2.25. The summed E-state index contributed by atoms with van der Waals surface area (Å²) in [7, 11) is 0. The maximum absolute atomic E-state index is 11.0. The van der Waals surface area contributed by atoms with Crippen LogP contribution < -0.4 is 0 Å². The van der Waals surface area contributed by atoms with Crippen molar-refractivity contribution in [2.24, 2.45) is 0 Å². The molecule has 0 unspecified atom stereocenters. The zero-order valence-electron chi connectivity index (χ0n) is 12.5. The molecule has 0 saturated heterocycles. The van der Waals surface area contributed by atoms with Gasteiger partial charge in [-0.3, -0.25) is 4.79 Å². The van der Waals surface area contributed by atoms with Gasteiger partial charge in [-0.15, -0.1) is 21.5 Å². The molecule has 22 heavy (non-hydrogen) atoms. The molecule has 0 atom stereocenters. The minimum Gasteiger partial charge on any atom is -0.481 e. The van der Waals surface area contributed by atoms with Crippen LogP contribution in [-0.2, 0) is 16.8 Å². The average molecular weight is 384 g/mol. The average Bonchev–Trinajstić information content (AvgIpc) is 3.03. The topological polar surface area (TPSA) is 68.0 Å². The first-order chi connectivity index (χ1) is 10.4. The molecule has 1 N–H and O–H groups in total. The Morgan fingerprint density at radius 2 is 2.18 bits per heavy atom. The summed E-state index contributed by atoms with van der Waals surface area (Å²) in [6, 6.07) is 4.11. The smallest absolute Gasteiger partial charge is 0.305 e. The fourth-order valence-corrected chi connectivity index (χ4v) is 4.09. The van der Waals surface area contributed by atoms with Crippen molar-refractivity contribution in [1.82, 2.24) is 14.8 Å². The van der Waals surface area contributed by atoms with E-state index in [-0.39, 0.29) is 11.8 Å². The Labute approximate surface area is 141 Å². The van der Waals surface area contributed by atoms with Crippen LogP contribution >= 0.6 is 27.3 Å². The number of aromatic nitrogens is 3. The van der Waals surface area contributed by atoms with Crippen molar-refractivity contribution >= 4 is 33.2 Å². The van der Waals surface area contributed by atoms with Gasteiger partial charge in [0.05, 0.1) is 15.6 Å². The highest BCUT2D eigenvalue weighted by atomic mass is 79.9. The van der Waals surface area contributed by atoms with Crippen LogP contribution in [0, 0.1) is 0 Å². The summed E-state index contributed by atoms with van der Waals surface area (Å²) in [5.41, 5.74) is -0.296. The molecule has 5 nitrogen and oxygen atoms in total. The monoisotopic (exact) mass is 383 g/mol. The molecule has 0 spiro atoms. The van der Waals surface area contributed by atoms with Gasteiger partial charge in [-0.1, -0.05) is 0 Å². The number of nitrogens with zero attached hydrogens (tertiary/aromatic N) is 3. The minimum absolute atomic E-state index is 0.0922. The minimum atomic E-state index is -0.793. The third-order valence-electron chi connectivity index (χ3n) is 4.02. The van der Waals surface area contributed by atoms with E-state index in [2.05, 4.69) is 46.0 Å². The predicted octanol–water partition coefficient (Wildman–Crippen LogP) is 3.78. The number of halogens is 1. The van der Waals surface area contributed by atoms with Gasteiger partial charge in [-0.2, -0.15) is 0 Å². The lowest BCUT2D eigenvalue weighted by atomic mass is 9.90. The highest BCUT2D eigenvalue weighted by molar-refractivity contribution is 9.11. The zero-order valence-corrected chi connectivity index (χ0v) is 14.9. The molecule has 118 valence electrons. The van der Waals surface area contributed by atoms with Crippen LogP contribution in [0.4, 0.5) is 0 Å². The van der Waals surface area contributed by atoms with Crippen molar-refractivity contribution in [2.45, 2.75) is 51.0 Å². The predicted molar refractivity (Wildman–Crippen MR) is 88.4 cm³/mol. The molecule has 0 bridgehead atoms. The van der Waals surface area contributed by atoms with E-state index in [1.54, 1.807) is 11.3 Å². The molecule has 1 aliphatic rings. The summed E-state index contributed by atoms with van der Waals surface area (Å²) in [5.74, 6) is 1.45. The number of thiophene rings is 1. The molecule has 2 aromatic rings. The van der Waals surface area contributed by atoms with Gasteiger partial charge < -0.3 is 9.67 Å². The largest absolute Gasteiger partial charge is 0.481 e. The number of aliphatic carboxylic acids is 1. The van der Waals surface area contributed by atoms with E-state index < -0.39 is 5.97 Å². The Morgan fingerprint density at radius 1 is 1.45 bits per heavy atom. The van der Waals surface area contributed by atoms with Gasteiger partial charge in [-0.25, -0.2) is 0 Å². The van der Waals surface area contributed by atoms with Crippen LogP contribution in [0.25, 0.3) is 0 Å². The molecule has 3 rings (SSSR count). The van der Waals surface area contributed by atoms with Gasteiger partial charge >= 0.3 is 5.97 Å². The van der Waals surface area contributed by atoms with Crippen LogP contribution in [0.1, 0.15) is 55.6 Å². The van der Waals surface area contributed by atoms with Gasteiger partial charge in [-0.05, 0) is 54.8 Å². The van der Waals surface area contributed by atoms with Crippen molar-refractivity contribution < 1.29 is 9.90 Å². The Morgan fingerprint density at radius 3 is 2.73 bits per heavy atom. The normalized spacial score (nSPS) is 15.2. The Hall–Kier alpha value is -1.21. The van der Waals surface area contributed by atoms with Crippen molar-refractivity contribution in [2.75, 3.05) is 0 Å². The second-order valence-electron chi connectivity index (χ2n) is 6.18. The van der Waals surface area contributed by atoms with Crippen LogP contribution in [0.5, 0.6) is 0 Å². The lowest BCUT2D eigenvalue weighted by Gasteiger charge is -2.23. The highest BCUT2D eigenvalue weighted by Gasteiger charge is 2.36. The van der Waals surface area contributed by atoms with E-state index in [0.717, 1.165) is 28.3 Å². The van der Waals surface area contributed by atoms with Crippen molar-refractivity contribution in [3.05, 3.63) is 32.4 Å². The lowest BCUT2D eigenvalue weighted by molar-refractivity contribution is -0.137. The molecule has 2 heterocycles. The Kier molecular flexibility index (Phi) is 4.11. The molecular formula is C15H18BrN3O2S. The summed E-state index contributed by atoms with van der Waals surface area (Å²) in [5, 5.41) is 17.8. The highest BCUT2D eigenvalue weighted by Crippen LogP contribution is 2.42. The fraction of sp³-hybridized carbons (Fsp3) is 0.533. The first-order valence-electron chi connectivity index (χ1n) is 7.31. The standard InChI is InChI=1S/C15H18BrN3O2S/c1-15(2,10-5-6-11(16)22-10)14-18-17-13(9-3-4-9)19(14)8-7-12(20)21/h5-6,9H,3-4,7-8H2,1-2H3,(H,20,21). The number of carboxylic acid groups (broad SMARTS) is 1. The molecule has 7 heteroatoms. The molecule has 0 aromatic carbocycles. The molecule has 0 amide bonds. The summed E-state index contributed by atoms with van der Waals surface area (Å²) in [4.78, 5) is 12.2. The van der Waals surface area contributed by atoms with Gasteiger partial charge in [0, 0.05) is 17.3 Å². The molecular weight excluding hydrogens is 366 g/mol. The second-order valence-corrected chi connectivity index (χ2v) is 8.64. The summed E-state index contributed by atoms with van der Waals surface area (Å²) < 4.78 is 3.11. The molecule has 1 fully saturated rings. The quantitative estimate of drug-likeness (QED) is 0.823. The zero-order chi connectivity index (χ0) is 15.9. The van der Waals surface area contributed by atoms with Crippen molar-refractivity contribution in [3.8, 4) is 0 Å². The van der Waals surface area contributed by atoms with Crippen LogP contribution in [-0.4, -0.2) is 25.8 Å². The van der Waals surface area contributed by atoms with Crippen LogP contribution in [0.2, 0.25) is 0 Å². The third kappa shape index (κ3) is 2.96. The first kappa shape index (κ1) is 15.7. The van der Waals surface area contributed by atoms with Gasteiger partial charge in [0.1, 0.15) is 11.6 Å². The first-order valence-corrected chi connectivity index (χ1v) is 8.91. The van der Waals surface area contributed by atoms with E-state index >= 15 is 0 Å². The molecule has 1 saturated carbocycles. The van der Waals surface area contributed by atoms with Gasteiger partial charge in [0.25, 0.3) is 0 Å². The van der Waals surface area contributed by atoms with E-state index in [1.165, 1.54) is 4.88 Å². The molecule has 0 aliphatic heterocycles. The Balaban J connectivity index is 1.99. The Bertz CT molecular complexity index is 703. The number of rotatable bonds is 6. The molecule has 0 radical (unpaired) electrons. The van der Waals surface area contributed by atoms with Crippen molar-refractivity contribution in [1.29, 1.82) is 0 Å².